The summed E-state index contributed by atoms with van der Waals surface area (Å²) in [7, 11) is -3.21. The first-order valence-electron chi connectivity index (χ1n) is 7.34. The predicted octanol–water partition coefficient (Wildman–Crippen LogP) is -0.0853. The molecule has 2 aliphatic rings. The normalized spacial score (nSPS) is 32.1. The molecule has 2 saturated heterocycles. The van der Waals surface area contributed by atoms with Crippen molar-refractivity contribution in [2.45, 2.75) is 44.7 Å². The molecule has 2 rings (SSSR count). The molecule has 2 fully saturated rings. The Morgan fingerprint density at radius 2 is 2.10 bits per heavy atom. The molecule has 20 heavy (non-hydrogen) atoms. The lowest BCUT2D eigenvalue weighted by atomic mass is 9.93. The van der Waals surface area contributed by atoms with E-state index in [0.717, 1.165) is 45.0 Å². The Bertz CT molecular complexity index is 452. The van der Waals surface area contributed by atoms with E-state index in [-0.39, 0.29) is 18.0 Å². The molecule has 0 radical (unpaired) electrons. The van der Waals surface area contributed by atoms with Crippen LogP contribution in [0.5, 0.6) is 0 Å². The van der Waals surface area contributed by atoms with E-state index in [0.29, 0.717) is 12.5 Å². The van der Waals surface area contributed by atoms with E-state index in [2.05, 4.69) is 17.0 Å². The van der Waals surface area contributed by atoms with Crippen LogP contribution in [0.4, 0.5) is 0 Å². The smallest absolute Gasteiger partial charge is 0.239 e. The fourth-order valence-corrected chi connectivity index (χ4v) is 3.89. The summed E-state index contributed by atoms with van der Waals surface area (Å²) in [5.41, 5.74) is 0. The van der Waals surface area contributed by atoms with E-state index in [1.165, 1.54) is 0 Å². The van der Waals surface area contributed by atoms with Crippen molar-refractivity contribution < 1.29 is 13.2 Å². The third-order valence-corrected chi connectivity index (χ3v) is 4.84. The van der Waals surface area contributed by atoms with E-state index in [4.69, 9.17) is 0 Å². The number of amides is 1. The molecule has 0 aromatic heterocycles. The van der Waals surface area contributed by atoms with Crippen LogP contribution in [0.15, 0.2) is 0 Å². The summed E-state index contributed by atoms with van der Waals surface area (Å²) in [6, 6.07) is -0.251. The predicted molar refractivity (Wildman–Crippen MR) is 77.8 cm³/mol. The molecule has 2 aliphatic heterocycles. The van der Waals surface area contributed by atoms with Gasteiger partial charge in [0.05, 0.1) is 12.3 Å². The van der Waals surface area contributed by atoms with Crippen LogP contribution in [0.25, 0.3) is 0 Å². The van der Waals surface area contributed by atoms with Gasteiger partial charge < -0.3 is 10.2 Å². The van der Waals surface area contributed by atoms with E-state index < -0.39 is 10.0 Å². The van der Waals surface area contributed by atoms with Crippen molar-refractivity contribution in [3.63, 3.8) is 0 Å². The van der Waals surface area contributed by atoms with Crippen LogP contribution < -0.4 is 10.0 Å². The molecular weight excluding hydrogens is 278 g/mol. The van der Waals surface area contributed by atoms with Gasteiger partial charge in [-0.25, -0.2) is 13.1 Å². The number of rotatable bonds is 3. The molecule has 0 aromatic carbocycles. The molecule has 0 saturated carbocycles. The molecule has 0 aromatic rings. The Balaban J connectivity index is 1.92. The summed E-state index contributed by atoms with van der Waals surface area (Å²) in [5.74, 6) is 0.691. The first-order valence-corrected chi connectivity index (χ1v) is 9.24. The third-order valence-electron chi connectivity index (χ3n) is 4.08. The minimum absolute atomic E-state index is 0.101. The highest BCUT2D eigenvalue weighted by atomic mass is 32.2. The standard InChI is InChI=1S/C13H25N3O3S/c1-10-5-6-14-12(8-10)13(17)16-7-3-4-11(9-16)15-20(2,18)19/h10-12,14-15H,3-9H2,1-2H3. The largest absolute Gasteiger partial charge is 0.340 e. The van der Waals surface area contributed by atoms with Crippen LogP contribution in [0, 0.1) is 5.92 Å². The van der Waals surface area contributed by atoms with E-state index >= 15 is 0 Å². The quantitative estimate of drug-likeness (QED) is 0.764. The topological polar surface area (TPSA) is 78.5 Å². The second kappa shape index (κ2) is 6.41. The second-order valence-corrected chi connectivity index (χ2v) is 7.93. The summed E-state index contributed by atoms with van der Waals surface area (Å²) in [6.45, 7) is 4.27. The number of carbonyl (C=O) groups excluding carboxylic acids is 1. The average molecular weight is 303 g/mol. The fraction of sp³-hybridized carbons (Fsp3) is 0.923. The molecule has 0 aliphatic carbocycles. The Morgan fingerprint density at radius 3 is 2.75 bits per heavy atom. The van der Waals surface area contributed by atoms with Crippen molar-refractivity contribution in [3.05, 3.63) is 0 Å². The number of nitrogens with one attached hydrogen (secondary N) is 2. The van der Waals surface area contributed by atoms with Crippen molar-refractivity contribution >= 4 is 15.9 Å². The number of piperidine rings is 2. The first-order chi connectivity index (χ1) is 9.35. The number of hydrogen-bond donors (Lipinski definition) is 2. The third kappa shape index (κ3) is 4.43. The number of hydrogen-bond acceptors (Lipinski definition) is 4. The zero-order valence-corrected chi connectivity index (χ0v) is 13.1. The molecule has 1 amide bonds. The molecule has 0 bridgehead atoms. The van der Waals surface area contributed by atoms with Gasteiger partial charge in [-0.3, -0.25) is 4.79 Å². The van der Waals surface area contributed by atoms with Gasteiger partial charge in [-0.05, 0) is 38.1 Å². The first kappa shape index (κ1) is 15.7. The maximum absolute atomic E-state index is 12.5. The van der Waals surface area contributed by atoms with Crippen molar-refractivity contribution in [2.24, 2.45) is 5.92 Å². The molecule has 7 heteroatoms. The number of carbonyl (C=O) groups is 1. The van der Waals surface area contributed by atoms with Crippen LogP contribution in [0.2, 0.25) is 0 Å². The molecular formula is C13H25N3O3S. The van der Waals surface area contributed by atoms with Gasteiger partial charge in [0.15, 0.2) is 0 Å². The van der Waals surface area contributed by atoms with Gasteiger partial charge in [0.1, 0.15) is 0 Å². The Kier molecular flexibility index (Phi) is 5.04. The van der Waals surface area contributed by atoms with E-state index in [9.17, 15) is 13.2 Å². The lowest BCUT2D eigenvalue weighted by Gasteiger charge is -2.37. The summed E-state index contributed by atoms with van der Waals surface area (Å²) in [4.78, 5) is 14.3. The highest BCUT2D eigenvalue weighted by molar-refractivity contribution is 7.88. The zero-order valence-electron chi connectivity index (χ0n) is 12.3. The lowest BCUT2D eigenvalue weighted by Crippen LogP contribution is -2.55. The summed E-state index contributed by atoms with van der Waals surface area (Å²) in [5, 5.41) is 3.28. The SMILES string of the molecule is CC1CCNC(C(=O)N2CCCC(NS(C)(=O)=O)C2)C1. The molecule has 3 atom stereocenters. The van der Waals surface area contributed by atoms with Gasteiger partial charge in [0, 0.05) is 19.1 Å². The molecule has 2 N–H and O–H groups in total. The van der Waals surface area contributed by atoms with Gasteiger partial charge in [-0.2, -0.15) is 0 Å². The number of likely N-dealkylation sites (tertiary alicyclic amines) is 1. The number of sulfonamides is 1. The van der Waals surface area contributed by atoms with Crippen molar-refractivity contribution in [1.29, 1.82) is 0 Å². The molecule has 3 unspecified atom stereocenters. The zero-order chi connectivity index (χ0) is 14.8. The molecule has 116 valence electrons. The summed E-state index contributed by atoms with van der Waals surface area (Å²) < 4.78 is 25.2. The maximum Gasteiger partial charge on any atom is 0.239 e. The van der Waals surface area contributed by atoms with Crippen LogP contribution in [0.3, 0.4) is 0 Å². The number of nitrogens with zero attached hydrogens (tertiary/aromatic N) is 1. The van der Waals surface area contributed by atoms with Gasteiger partial charge in [-0.15, -0.1) is 0 Å². The molecule has 6 nitrogen and oxygen atoms in total. The fourth-order valence-electron chi connectivity index (χ4n) is 3.09. The van der Waals surface area contributed by atoms with Crippen LogP contribution in [0.1, 0.15) is 32.6 Å². The second-order valence-electron chi connectivity index (χ2n) is 6.15. The van der Waals surface area contributed by atoms with Gasteiger partial charge in [-0.1, -0.05) is 6.92 Å². The van der Waals surface area contributed by atoms with E-state index in [1.807, 2.05) is 4.90 Å². The Morgan fingerprint density at radius 1 is 1.35 bits per heavy atom. The van der Waals surface area contributed by atoms with Gasteiger partial charge in [0.25, 0.3) is 0 Å². The lowest BCUT2D eigenvalue weighted by molar-refractivity contribution is -0.135. The van der Waals surface area contributed by atoms with Crippen molar-refractivity contribution in [3.8, 4) is 0 Å². The summed E-state index contributed by atoms with van der Waals surface area (Å²) in [6.07, 6.45) is 4.80. The average Bonchev–Trinajstić information content (AvgIpc) is 2.36. The van der Waals surface area contributed by atoms with Crippen molar-refractivity contribution in [1.82, 2.24) is 14.9 Å². The van der Waals surface area contributed by atoms with Crippen LogP contribution in [-0.4, -0.2) is 57.2 Å². The van der Waals surface area contributed by atoms with E-state index in [1.54, 1.807) is 0 Å². The Labute approximate surface area is 121 Å². The molecule has 2 heterocycles. The van der Waals surface area contributed by atoms with Crippen molar-refractivity contribution in [2.75, 3.05) is 25.9 Å². The maximum atomic E-state index is 12.5. The van der Waals surface area contributed by atoms with Gasteiger partial charge in [0.2, 0.25) is 15.9 Å². The minimum atomic E-state index is -3.21. The summed E-state index contributed by atoms with van der Waals surface area (Å²) >= 11 is 0. The highest BCUT2D eigenvalue weighted by Crippen LogP contribution is 2.19. The van der Waals surface area contributed by atoms with Gasteiger partial charge >= 0.3 is 0 Å². The Hall–Kier alpha value is -0.660. The highest BCUT2D eigenvalue weighted by Gasteiger charge is 2.31. The van der Waals surface area contributed by atoms with Crippen LogP contribution >= 0.6 is 0 Å². The molecule has 0 spiro atoms. The van der Waals surface area contributed by atoms with Crippen LogP contribution in [-0.2, 0) is 14.8 Å². The monoisotopic (exact) mass is 303 g/mol. The minimum Gasteiger partial charge on any atom is -0.340 e.